The summed E-state index contributed by atoms with van der Waals surface area (Å²) in [6.45, 7) is 2.74. The Morgan fingerprint density at radius 2 is 2.00 bits per heavy atom. The zero-order valence-corrected chi connectivity index (χ0v) is 15.6. The number of benzene rings is 1. The Labute approximate surface area is 161 Å². The Bertz CT molecular complexity index is 776. The molecule has 0 radical (unpaired) electrons. The van der Waals surface area contributed by atoms with E-state index in [0.29, 0.717) is 44.6 Å². The smallest absolute Gasteiger partial charge is 0.340 e. The summed E-state index contributed by atoms with van der Waals surface area (Å²) in [4.78, 5) is 29.1. The summed E-state index contributed by atoms with van der Waals surface area (Å²) in [6.07, 6.45) is -1.63. The highest BCUT2D eigenvalue weighted by Gasteiger charge is 2.54. The van der Waals surface area contributed by atoms with E-state index in [-0.39, 0.29) is 17.9 Å². The van der Waals surface area contributed by atoms with E-state index in [1.165, 1.54) is 6.07 Å². The molecule has 28 heavy (non-hydrogen) atoms. The third-order valence-electron chi connectivity index (χ3n) is 6.15. The average Bonchev–Trinajstić information content (AvgIpc) is 3.49. The second-order valence-corrected chi connectivity index (χ2v) is 7.97. The maximum Gasteiger partial charge on any atom is 0.416 e. The van der Waals surface area contributed by atoms with Crippen molar-refractivity contribution in [3.8, 4) is 0 Å². The first-order chi connectivity index (χ1) is 13.3. The van der Waals surface area contributed by atoms with Gasteiger partial charge in [-0.1, -0.05) is 18.2 Å². The van der Waals surface area contributed by atoms with E-state index in [1.54, 1.807) is 11.0 Å². The van der Waals surface area contributed by atoms with Gasteiger partial charge in [-0.3, -0.25) is 9.59 Å². The number of piperidine rings is 1. The standard InChI is InChI=1S/C20H24F3N3O2/c21-20(22,23)15-4-1-3-14(11-15)19(6-7-19)18(28)25-9-2-5-16(13-25)26-10-8-24-12-17(26)27/h1,3-4,11,16,24H,2,5-10,12-13H2. The molecule has 0 bridgehead atoms. The summed E-state index contributed by atoms with van der Waals surface area (Å²) < 4.78 is 39.3. The van der Waals surface area contributed by atoms with Crippen LogP contribution in [0, 0.1) is 0 Å². The Kier molecular flexibility index (Phi) is 4.85. The first kappa shape index (κ1) is 19.2. The minimum atomic E-state index is -4.42. The van der Waals surface area contributed by atoms with E-state index in [9.17, 15) is 22.8 Å². The number of alkyl halides is 3. The van der Waals surface area contributed by atoms with Gasteiger partial charge in [-0.05, 0) is 37.3 Å². The molecule has 1 N–H and O–H groups in total. The molecule has 2 heterocycles. The number of rotatable bonds is 3. The van der Waals surface area contributed by atoms with E-state index >= 15 is 0 Å². The van der Waals surface area contributed by atoms with Gasteiger partial charge in [0.05, 0.1) is 17.5 Å². The van der Waals surface area contributed by atoms with E-state index in [2.05, 4.69) is 5.32 Å². The van der Waals surface area contributed by atoms with Gasteiger partial charge in [-0.15, -0.1) is 0 Å². The van der Waals surface area contributed by atoms with Gasteiger partial charge in [0, 0.05) is 32.2 Å². The number of nitrogens with one attached hydrogen (secondary N) is 1. The molecule has 4 rings (SSSR count). The molecule has 152 valence electrons. The fourth-order valence-electron chi connectivity index (χ4n) is 4.45. The van der Waals surface area contributed by atoms with Crippen molar-refractivity contribution in [3.63, 3.8) is 0 Å². The van der Waals surface area contributed by atoms with Crippen molar-refractivity contribution in [3.05, 3.63) is 35.4 Å². The van der Waals surface area contributed by atoms with Crippen LogP contribution >= 0.6 is 0 Å². The number of amides is 2. The minimum absolute atomic E-state index is 0.00962. The van der Waals surface area contributed by atoms with Gasteiger partial charge in [0.15, 0.2) is 0 Å². The SMILES string of the molecule is O=C1CNCCN1C1CCCN(C(=O)C2(c3cccc(C(F)(F)F)c3)CC2)C1. The summed E-state index contributed by atoms with van der Waals surface area (Å²) >= 11 is 0. The molecule has 1 aromatic rings. The highest BCUT2D eigenvalue weighted by atomic mass is 19.4. The van der Waals surface area contributed by atoms with Crippen molar-refractivity contribution in [2.24, 2.45) is 0 Å². The van der Waals surface area contributed by atoms with Crippen molar-refractivity contribution in [1.29, 1.82) is 0 Å². The van der Waals surface area contributed by atoms with Crippen molar-refractivity contribution in [2.75, 3.05) is 32.7 Å². The maximum absolute atomic E-state index is 13.3. The predicted molar refractivity (Wildman–Crippen MR) is 96.5 cm³/mol. The zero-order valence-electron chi connectivity index (χ0n) is 15.6. The van der Waals surface area contributed by atoms with Crippen LogP contribution in [0.4, 0.5) is 13.2 Å². The Hall–Kier alpha value is -2.09. The molecule has 1 unspecified atom stereocenters. The van der Waals surface area contributed by atoms with Crippen LogP contribution in [0.2, 0.25) is 0 Å². The molecular weight excluding hydrogens is 371 g/mol. The fraction of sp³-hybridized carbons (Fsp3) is 0.600. The van der Waals surface area contributed by atoms with Crippen LogP contribution in [0.25, 0.3) is 0 Å². The highest BCUT2D eigenvalue weighted by molar-refractivity contribution is 5.91. The summed E-state index contributed by atoms with van der Waals surface area (Å²) in [7, 11) is 0. The molecule has 1 saturated carbocycles. The lowest BCUT2D eigenvalue weighted by atomic mass is 9.91. The number of halogens is 3. The lowest BCUT2D eigenvalue weighted by Crippen LogP contribution is -2.58. The lowest BCUT2D eigenvalue weighted by Gasteiger charge is -2.42. The number of likely N-dealkylation sites (tertiary alicyclic amines) is 1. The number of carbonyl (C=O) groups excluding carboxylic acids is 2. The normalized spacial score (nSPS) is 25.0. The molecule has 0 aromatic heterocycles. The largest absolute Gasteiger partial charge is 0.416 e. The summed E-state index contributed by atoms with van der Waals surface area (Å²) in [5, 5.41) is 3.05. The average molecular weight is 395 g/mol. The zero-order chi connectivity index (χ0) is 19.9. The predicted octanol–water partition coefficient (Wildman–Crippen LogP) is 2.16. The second kappa shape index (κ2) is 7.06. The molecule has 2 amide bonds. The number of carbonyl (C=O) groups is 2. The summed E-state index contributed by atoms with van der Waals surface area (Å²) in [6, 6.07) is 5.15. The fourth-order valence-corrected chi connectivity index (χ4v) is 4.45. The molecular formula is C20H24F3N3O2. The molecule has 1 aliphatic carbocycles. The topological polar surface area (TPSA) is 52.7 Å². The summed E-state index contributed by atoms with van der Waals surface area (Å²) in [5.41, 5.74) is -1.10. The van der Waals surface area contributed by atoms with E-state index in [4.69, 9.17) is 0 Å². The number of piperazine rings is 1. The van der Waals surface area contributed by atoms with Crippen LogP contribution in [0.1, 0.15) is 36.8 Å². The van der Waals surface area contributed by atoms with Gasteiger partial charge >= 0.3 is 6.18 Å². The lowest BCUT2D eigenvalue weighted by molar-refractivity contribution is -0.142. The van der Waals surface area contributed by atoms with Crippen LogP contribution < -0.4 is 5.32 Å². The van der Waals surface area contributed by atoms with Gasteiger partial charge in [-0.25, -0.2) is 0 Å². The van der Waals surface area contributed by atoms with Crippen LogP contribution in [0.5, 0.6) is 0 Å². The van der Waals surface area contributed by atoms with Gasteiger partial charge in [0.25, 0.3) is 0 Å². The Morgan fingerprint density at radius 1 is 1.21 bits per heavy atom. The monoisotopic (exact) mass is 395 g/mol. The first-order valence-electron chi connectivity index (χ1n) is 9.78. The van der Waals surface area contributed by atoms with Crippen molar-refractivity contribution >= 4 is 11.8 Å². The first-order valence-corrected chi connectivity index (χ1v) is 9.78. The van der Waals surface area contributed by atoms with E-state index in [1.807, 2.05) is 4.90 Å². The molecule has 0 spiro atoms. The molecule has 5 nitrogen and oxygen atoms in total. The minimum Gasteiger partial charge on any atom is -0.340 e. The quantitative estimate of drug-likeness (QED) is 0.854. The van der Waals surface area contributed by atoms with Gasteiger partial charge in [0.2, 0.25) is 11.8 Å². The maximum atomic E-state index is 13.3. The van der Waals surface area contributed by atoms with Crippen molar-refractivity contribution in [2.45, 2.75) is 43.3 Å². The number of nitrogens with zero attached hydrogens (tertiary/aromatic N) is 2. The highest BCUT2D eigenvalue weighted by Crippen LogP contribution is 2.50. The third-order valence-corrected chi connectivity index (χ3v) is 6.15. The van der Waals surface area contributed by atoms with Gasteiger partial charge < -0.3 is 15.1 Å². The van der Waals surface area contributed by atoms with Crippen LogP contribution in [-0.4, -0.2) is 60.4 Å². The summed E-state index contributed by atoms with van der Waals surface area (Å²) in [5.74, 6) is -0.0522. The molecule has 8 heteroatoms. The molecule has 1 atom stereocenters. The molecule has 2 aliphatic heterocycles. The van der Waals surface area contributed by atoms with Gasteiger partial charge in [-0.2, -0.15) is 13.2 Å². The Balaban J connectivity index is 1.51. The van der Waals surface area contributed by atoms with Crippen molar-refractivity contribution < 1.29 is 22.8 Å². The molecule has 1 aromatic carbocycles. The molecule has 2 saturated heterocycles. The van der Waals surface area contributed by atoms with Crippen molar-refractivity contribution in [1.82, 2.24) is 15.1 Å². The molecule has 3 fully saturated rings. The van der Waals surface area contributed by atoms with E-state index < -0.39 is 17.2 Å². The van der Waals surface area contributed by atoms with Crippen LogP contribution in [-0.2, 0) is 21.2 Å². The van der Waals surface area contributed by atoms with E-state index in [0.717, 1.165) is 31.5 Å². The van der Waals surface area contributed by atoms with Crippen LogP contribution in [0.3, 0.4) is 0 Å². The van der Waals surface area contributed by atoms with Crippen LogP contribution in [0.15, 0.2) is 24.3 Å². The molecule has 3 aliphatic rings. The Morgan fingerprint density at radius 3 is 2.68 bits per heavy atom. The number of hydrogen-bond donors (Lipinski definition) is 1. The van der Waals surface area contributed by atoms with Gasteiger partial charge in [0.1, 0.15) is 0 Å². The second-order valence-electron chi connectivity index (χ2n) is 7.97. The third kappa shape index (κ3) is 3.50. The number of hydrogen-bond acceptors (Lipinski definition) is 3.